The lowest BCUT2D eigenvalue weighted by atomic mass is 10.2. The highest BCUT2D eigenvalue weighted by molar-refractivity contribution is 5.79. The van der Waals surface area contributed by atoms with Crippen LogP contribution in [-0.4, -0.2) is 38.2 Å². The van der Waals surface area contributed by atoms with E-state index in [1.54, 1.807) is 25.1 Å². The standard InChI is InChI=1S/C17H25F2N3O3/c1-3-20-17(21-11-7-10-15(23)24-4-2)22-12-13-8-5-6-9-14(13)25-16(18)19/h5-6,8-9,16H,3-4,7,10-12H2,1-2H3,(H2,20,21,22). The Bertz CT molecular complexity index is 554. The van der Waals surface area contributed by atoms with Crippen LogP contribution in [0.1, 0.15) is 32.3 Å². The monoisotopic (exact) mass is 357 g/mol. The van der Waals surface area contributed by atoms with Gasteiger partial charge in [0.25, 0.3) is 0 Å². The van der Waals surface area contributed by atoms with Gasteiger partial charge in [-0.05, 0) is 26.3 Å². The number of rotatable bonds is 10. The highest BCUT2D eigenvalue weighted by Crippen LogP contribution is 2.20. The van der Waals surface area contributed by atoms with Gasteiger partial charge >= 0.3 is 12.6 Å². The smallest absolute Gasteiger partial charge is 0.387 e. The molecule has 140 valence electrons. The minimum Gasteiger partial charge on any atom is -0.466 e. The molecule has 25 heavy (non-hydrogen) atoms. The van der Waals surface area contributed by atoms with Crippen molar-refractivity contribution >= 4 is 11.9 Å². The normalized spacial score (nSPS) is 11.3. The van der Waals surface area contributed by atoms with Crippen molar-refractivity contribution in [2.75, 3.05) is 19.7 Å². The van der Waals surface area contributed by atoms with Gasteiger partial charge in [0, 0.05) is 25.1 Å². The number of guanidine groups is 1. The van der Waals surface area contributed by atoms with Gasteiger partial charge in [0.1, 0.15) is 5.75 Å². The molecule has 1 aromatic rings. The number of halogens is 2. The molecule has 0 aromatic heterocycles. The number of ether oxygens (including phenoxy) is 2. The molecule has 2 N–H and O–H groups in total. The number of aliphatic imine (C=N–C) groups is 1. The third-order valence-corrected chi connectivity index (χ3v) is 3.10. The first-order valence-electron chi connectivity index (χ1n) is 8.27. The van der Waals surface area contributed by atoms with Crippen LogP contribution in [0.2, 0.25) is 0 Å². The van der Waals surface area contributed by atoms with Crippen molar-refractivity contribution in [3.8, 4) is 5.75 Å². The first-order valence-corrected chi connectivity index (χ1v) is 8.27. The maximum atomic E-state index is 12.4. The van der Waals surface area contributed by atoms with E-state index in [9.17, 15) is 13.6 Å². The topological polar surface area (TPSA) is 72.0 Å². The summed E-state index contributed by atoms with van der Waals surface area (Å²) in [5, 5.41) is 6.15. The Morgan fingerprint density at radius 3 is 2.68 bits per heavy atom. The predicted molar refractivity (Wildman–Crippen MR) is 91.8 cm³/mol. The second-order valence-electron chi connectivity index (χ2n) is 5.02. The number of nitrogens with one attached hydrogen (secondary N) is 2. The van der Waals surface area contributed by atoms with E-state index in [-0.39, 0.29) is 18.3 Å². The summed E-state index contributed by atoms with van der Waals surface area (Å²) in [6.07, 6.45) is 0.930. The SMILES string of the molecule is CCNC(=NCc1ccccc1OC(F)F)NCCCC(=O)OCC. The highest BCUT2D eigenvalue weighted by atomic mass is 19.3. The Hall–Kier alpha value is -2.38. The number of carbonyl (C=O) groups is 1. The number of nitrogens with zero attached hydrogens (tertiary/aromatic N) is 1. The molecule has 0 saturated heterocycles. The summed E-state index contributed by atoms with van der Waals surface area (Å²) in [7, 11) is 0. The van der Waals surface area contributed by atoms with Gasteiger partial charge in [0.2, 0.25) is 0 Å². The Morgan fingerprint density at radius 2 is 2.00 bits per heavy atom. The van der Waals surface area contributed by atoms with E-state index in [1.807, 2.05) is 6.92 Å². The van der Waals surface area contributed by atoms with Gasteiger partial charge in [-0.15, -0.1) is 0 Å². The van der Waals surface area contributed by atoms with Crippen LogP contribution in [0.3, 0.4) is 0 Å². The summed E-state index contributed by atoms with van der Waals surface area (Å²) < 4.78 is 34.2. The third-order valence-electron chi connectivity index (χ3n) is 3.10. The van der Waals surface area contributed by atoms with Crippen molar-refractivity contribution in [1.82, 2.24) is 10.6 Å². The summed E-state index contributed by atoms with van der Waals surface area (Å²) in [6.45, 7) is 2.57. The molecule has 0 fully saturated rings. The zero-order valence-electron chi connectivity index (χ0n) is 14.6. The van der Waals surface area contributed by atoms with Gasteiger partial charge in [-0.25, -0.2) is 4.99 Å². The third kappa shape index (κ3) is 8.88. The number of hydrogen-bond donors (Lipinski definition) is 2. The van der Waals surface area contributed by atoms with Gasteiger partial charge in [0.15, 0.2) is 5.96 Å². The fourth-order valence-electron chi connectivity index (χ4n) is 2.02. The van der Waals surface area contributed by atoms with Gasteiger partial charge in [-0.3, -0.25) is 4.79 Å². The lowest BCUT2D eigenvalue weighted by molar-refractivity contribution is -0.143. The van der Waals surface area contributed by atoms with Gasteiger partial charge < -0.3 is 20.1 Å². The van der Waals surface area contributed by atoms with Crippen molar-refractivity contribution < 1.29 is 23.0 Å². The van der Waals surface area contributed by atoms with E-state index in [0.29, 0.717) is 44.1 Å². The molecule has 0 unspecified atom stereocenters. The van der Waals surface area contributed by atoms with Gasteiger partial charge in [-0.2, -0.15) is 8.78 Å². The maximum absolute atomic E-state index is 12.4. The number of para-hydroxylation sites is 1. The fourth-order valence-corrected chi connectivity index (χ4v) is 2.02. The number of alkyl halides is 2. The van der Waals surface area contributed by atoms with Crippen LogP contribution in [0.25, 0.3) is 0 Å². The molecule has 0 heterocycles. The molecule has 0 aliphatic carbocycles. The molecule has 1 aromatic carbocycles. The Morgan fingerprint density at radius 1 is 1.24 bits per heavy atom. The molecular formula is C17H25F2N3O3. The summed E-state index contributed by atoms with van der Waals surface area (Å²) in [5.41, 5.74) is 0.562. The number of carbonyl (C=O) groups excluding carboxylic acids is 1. The second kappa shape index (κ2) is 12.0. The summed E-state index contributed by atoms with van der Waals surface area (Å²) >= 11 is 0. The molecule has 0 saturated carbocycles. The van der Waals surface area contributed by atoms with E-state index in [1.165, 1.54) is 6.07 Å². The summed E-state index contributed by atoms with van der Waals surface area (Å²) in [6, 6.07) is 6.54. The largest absolute Gasteiger partial charge is 0.466 e. The maximum Gasteiger partial charge on any atom is 0.387 e. The van der Waals surface area contributed by atoms with E-state index in [4.69, 9.17) is 4.74 Å². The lowest BCUT2D eigenvalue weighted by Gasteiger charge is -2.12. The van der Waals surface area contributed by atoms with Crippen LogP contribution >= 0.6 is 0 Å². The van der Waals surface area contributed by atoms with Crippen molar-refractivity contribution in [3.05, 3.63) is 29.8 Å². The van der Waals surface area contributed by atoms with Crippen LogP contribution in [0.4, 0.5) is 8.78 Å². The van der Waals surface area contributed by atoms with Crippen LogP contribution in [0.5, 0.6) is 5.75 Å². The van der Waals surface area contributed by atoms with E-state index in [2.05, 4.69) is 20.4 Å². The molecule has 0 radical (unpaired) electrons. The fraction of sp³-hybridized carbons (Fsp3) is 0.529. The number of esters is 1. The van der Waals surface area contributed by atoms with Crippen LogP contribution in [0.15, 0.2) is 29.3 Å². The zero-order valence-corrected chi connectivity index (χ0v) is 14.6. The van der Waals surface area contributed by atoms with Crippen molar-refractivity contribution in [1.29, 1.82) is 0 Å². The van der Waals surface area contributed by atoms with Crippen LogP contribution in [-0.2, 0) is 16.1 Å². The molecule has 0 aliphatic rings. The zero-order chi connectivity index (χ0) is 18.5. The van der Waals surface area contributed by atoms with Crippen molar-refractivity contribution in [2.45, 2.75) is 39.8 Å². The average molecular weight is 357 g/mol. The van der Waals surface area contributed by atoms with E-state index >= 15 is 0 Å². The van der Waals surface area contributed by atoms with Gasteiger partial charge in [-0.1, -0.05) is 18.2 Å². The summed E-state index contributed by atoms with van der Waals surface area (Å²) in [5.74, 6) is 0.418. The molecule has 8 heteroatoms. The number of benzene rings is 1. The van der Waals surface area contributed by atoms with Crippen LogP contribution < -0.4 is 15.4 Å². The molecule has 0 aliphatic heterocycles. The minimum absolute atomic E-state index is 0.111. The highest BCUT2D eigenvalue weighted by Gasteiger charge is 2.09. The van der Waals surface area contributed by atoms with Crippen LogP contribution in [0, 0.1) is 0 Å². The van der Waals surface area contributed by atoms with E-state index < -0.39 is 6.61 Å². The molecular weight excluding hydrogens is 332 g/mol. The quantitative estimate of drug-likeness (QED) is 0.292. The van der Waals surface area contributed by atoms with E-state index in [0.717, 1.165) is 0 Å². The molecule has 0 atom stereocenters. The van der Waals surface area contributed by atoms with Crippen molar-refractivity contribution in [2.24, 2.45) is 4.99 Å². The molecule has 0 bridgehead atoms. The lowest BCUT2D eigenvalue weighted by Crippen LogP contribution is -2.37. The molecule has 0 amide bonds. The second-order valence-corrected chi connectivity index (χ2v) is 5.02. The average Bonchev–Trinajstić information content (AvgIpc) is 2.57. The Kier molecular flexibility index (Phi) is 9.96. The summed E-state index contributed by atoms with van der Waals surface area (Å²) in [4.78, 5) is 15.6. The first-order chi connectivity index (χ1) is 12.1. The van der Waals surface area contributed by atoms with Crippen molar-refractivity contribution in [3.63, 3.8) is 0 Å². The van der Waals surface area contributed by atoms with Gasteiger partial charge in [0.05, 0.1) is 13.2 Å². The minimum atomic E-state index is -2.88. The Balaban J connectivity index is 2.56. The predicted octanol–water partition coefficient (Wildman–Crippen LogP) is 2.69. The molecule has 1 rings (SSSR count). The Labute approximate surface area is 146 Å². The number of hydrogen-bond acceptors (Lipinski definition) is 4. The molecule has 0 spiro atoms. The molecule has 6 nitrogen and oxygen atoms in total. The first kappa shape index (κ1) is 20.7.